The number of nitrogens with zero attached hydrogens (tertiary/aromatic N) is 1. The molecule has 0 radical (unpaired) electrons. The molecule has 1 fully saturated rings. The molecule has 0 N–H and O–H groups in total. The fourth-order valence-electron chi connectivity index (χ4n) is 7.52. The SMILES string of the molecule is CN1C[C@@H](c2ccc(C(F)(F)F)cc2)[C@@]2(Cc3ccccc3C2=O)[C@@]12C(=O)c1cccc3cccc2c13. The molecule has 7 rings (SSSR count). The number of fused-ring (bicyclic) bond motifs is 3. The van der Waals surface area contributed by atoms with Gasteiger partial charge in [0.25, 0.3) is 0 Å². The van der Waals surface area contributed by atoms with Gasteiger partial charge >= 0.3 is 6.18 Å². The monoisotopic (exact) mass is 497 g/mol. The summed E-state index contributed by atoms with van der Waals surface area (Å²) in [5.74, 6) is -0.707. The van der Waals surface area contributed by atoms with Gasteiger partial charge in [0, 0.05) is 23.6 Å². The highest BCUT2D eigenvalue weighted by Crippen LogP contribution is 2.67. The van der Waals surface area contributed by atoms with Gasteiger partial charge in [-0.3, -0.25) is 14.5 Å². The maximum Gasteiger partial charge on any atom is 0.416 e. The number of Topliss-reactive ketones (excluding diaryl/α,β-unsaturated/α-hetero) is 2. The maximum absolute atomic E-state index is 14.6. The van der Waals surface area contributed by atoms with E-state index in [2.05, 4.69) is 0 Å². The Kier molecular flexibility index (Phi) is 4.34. The normalized spacial score (nSPS) is 26.6. The number of rotatable bonds is 1. The largest absolute Gasteiger partial charge is 0.416 e. The van der Waals surface area contributed by atoms with Gasteiger partial charge in [0.05, 0.1) is 11.0 Å². The first-order chi connectivity index (χ1) is 17.7. The van der Waals surface area contributed by atoms with Crippen LogP contribution in [0.15, 0.2) is 84.9 Å². The summed E-state index contributed by atoms with van der Waals surface area (Å²) in [4.78, 5) is 31.2. The molecule has 4 aromatic rings. The van der Waals surface area contributed by atoms with E-state index in [1.165, 1.54) is 12.1 Å². The van der Waals surface area contributed by atoms with Crippen LogP contribution in [-0.4, -0.2) is 30.1 Å². The minimum Gasteiger partial charge on any atom is -0.293 e. The van der Waals surface area contributed by atoms with E-state index in [0.717, 1.165) is 34.0 Å². The smallest absolute Gasteiger partial charge is 0.293 e. The van der Waals surface area contributed by atoms with Gasteiger partial charge in [0.1, 0.15) is 5.54 Å². The van der Waals surface area contributed by atoms with Gasteiger partial charge in [-0.1, -0.05) is 72.8 Å². The van der Waals surface area contributed by atoms with Gasteiger partial charge in [-0.05, 0) is 53.1 Å². The van der Waals surface area contributed by atoms with Gasteiger partial charge in [0.2, 0.25) is 0 Å². The van der Waals surface area contributed by atoms with E-state index in [4.69, 9.17) is 0 Å². The summed E-state index contributed by atoms with van der Waals surface area (Å²) in [5, 5.41) is 1.79. The highest BCUT2D eigenvalue weighted by molar-refractivity contribution is 6.24. The number of likely N-dealkylation sites (N-methyl/N-ethyl adjacent to an activating group) is 1. The molecule has 0 amide bonds. The Morgan fingerprint density at radius 2 is 1.49 bits per heavy atom. The van der Waals surface area contributed by atoms with Crippen molar-refractivity contribution < 1.29 is 22.8 Å². The van der Waals surface area contributed by atoms with Crippen molar-refractivity contribution in [3.05, 3.63) is 118 Å². The number of carbonyl (C=O) groups excluding carboxylic acids is 2. The lowest BCUT2D eigenvalue weighted by molar-refractivity contribution is -0.137. The lowest BCUT2D eigenvalue weighted by Crippen LogP contribution is -2.57. The number of hydrogen-bond acceptors (Lipinski definition) is 3. The third kappa shape index (κ3) is 2.56. The Morgan fingerprint density at radius 3 is 2.19 bits per heavy atom. The molecule has 0 unspecified atom stereocenters. The molecule has 4 aromatic carbocycles. The molecule has 6 heteroatoms. The summed E-state index contributed by atoms with van der Waals surface area (Å²) in [6.45, 7) is 0.362. The summed E-state index contributed by atoms with van der Waals surface area (Å²) in [7, 11) is 1.87. The van der Waals surface area contributed by atoms with Crippen molar-refractivity contribution in [1.29, 1.82) is 0 Å². The predicted molar refractivity (Wildman–Crippen MR) is 134 cm³/mol. The minimum absolute atomic E-state index is 0.114. The number of ketones is 2. The minimum atomic E-state index is -4.46. The lowest BCUT2D eigenvalue weighted by Gasteiger charge is -2.44. The van der Waals surface area contributed by atoms with Crippen molar-refractivity contribution in [1.82, 2.24) is 4.90 Å². The zero-order valence-electron chi connectivity index (χ0n) is 20.0. The Morgan fingerprint density at radius 1 is 0.811 bits per heavy atom. The third-order valence-corrected chi connectivity index (χ3v) is 8.91. The second-order valence-corrected chi connectivity index (χ2v) is 10.4. The maximum atomic E-state index is 14.6. The van der Waals surface area contributed by atoms with Gasteiger partial charge in [-0.25, -0.2) is 0 Å². The van der Waals surface area contributed by atoms with E-state index in [9.17, 15) is 22.8 Å². The molecular weight excluding hydrogens is 475 g/mol. The molecule has 2 spiro atoms. The highest BCUT2D eigenvalue weighted by Gasteiger charge is 2.74. The molecule has 2 aliphatic carbocycles. The van der Waals surface area contributed by atoms with Gasteiger partial charge in [0.15, 0.2) is 11.6 Å². The molecule has 1 heterocycles. The molecule has 184 valence electrons. The van der Waals surface area contributed by atoms with Crippen LogP contribution in [0.2, 0.25) is 0 Å². The van der Waals surface area contributed by atoms with Crippen molar-refractivity contribution in [2.24, 2.45) is 5.41 Å². The van der Waals surface area contributed by atoms with Crippen molar-refractivity contribution in [3.63, 3.8) is 0 Å². The van der Waals surface area contributed by atoms with Crippen LogP contribution in [-0.2, 0) is 18.1 Å². The van der Waals surface area contributed by atoms with Crippen molar-refractivity contribution in [3.8, 4) is 0 Å². The number of likely N-dealkylation sites (tertiary alicyclic amines) is 1. The number of alkyl halides is 3. The van der Waals surface area contributed by atoms with E-state index >= 15 is 0 Å². The first-order valence-corrected chi connectivity index (χ1v) is 12.3. The van der Waals surface area contributed by atoms with Crippen LogP contribution < -0.4 is 0 Å². The van der Waals surface area contributed by atoms with Crippen LogP contribution >= 0.6 is 0 Å². The molecule has 0 aromatic heterocycles. The standard InChI is InChI=1S/C31H22F3NO2/c1-35-17-25(18-12-14-21(15-13-18)31(32,33)34)29(16-20-6-2-3-9-22(20)27(29)36)30(35)24-11-5-8-19-7-4-10-23(26(19)24)28(30)37/h2-15,25H,16-17H2,1H3/t25-,29+,30+/m0/s1. The number of carbonyl (C=O) groups is 2. The average Bonchev–Trinajstić information content (AvgIpc) is 3.44. The van der Waals surface area contributed by atoms with Crippen LogP contribution in [0.4, 0.5) is 13.2 Å². The molecule has 0 bridgehead atoms. The summed E-state index contributed by atoms with van der Waals surface area (Å²) in [6.07, 6.45) is -4.11. The van der Waals surface area contributed by atoms with Crippen LogP contribution in [0, 0.1) is 5.41 Å². The van der Waals surface area contributed by atoms with Gasteiger partial charge < -0.3 is 0 Å². The Hall–Kier alpha value is -3.77. The molecule has 3 aliphatic rings. The van der Waals surface area contributed by atoms with Crippen LogP contribution in [0.5, 0.6) is 0 Å². The fourth-order valence-corrected chi connectivity index (χ4v) is 7.52. The second kappa shape index (κ2) is 7.17. The predicted octanol–water partition coefficient (Wildman–Crippen LogP) is 6.40. The van der Waals surface area contributed by atoms with Crippen molar-refractivity contribution in [2.75, 3.05) is 13.6 Å². The zero-order valence-corrected chi connectivity index (χ0v) is 20.0. The molecular formula is C31H22F3NO2. The summed E-state index contributed by atoms with van der Waals surface area (Å²) in [5.41, 5.74) is 0.296. The third-order valence-electron chi connectivity index (χ3n) is 8.91. The summed E-state index contributed by atoms with van der Waals surface area (Å²) >= 11 is 0. The van der Waals surface area contributed by atoms with E-state index < -0.39 is 28.6 Å². The van der Waals surface area contributed by atoms with E-state index in [-0.39, 0.29) is 11.6 Å². The van der Waals surface area contributed by atoms with Gasteiger partial charge in [-0.15, -0.1) is 0 Å². The van der Waals surface area contributed by atoms with Crippen LogP contribution in [0.25, 0.3) is 10.8 Å². The Bertz CT molecular complexity index is 1640. The second-order valence-electron chi connectivity index (χ2n) is 10.4. The quantitative estimate of drug-likeness (QED) is 0.305. The molecule has 1 saturated heterocycles. The Labute approximate surface area is 211 Å². The zero-order chi connectivity index (χ0) is 25.7. The average molecular weight is 498 g/mol. The topological polar surface area (TPSA) is 37.4 Å². The lowest BCUT2D eigenvalue weighted by atomic mass is 9.58. The highest BCUT2D eigenvalue weighted by atomic mass is 19.4. The van der Waals surface area contributed by atoms with Gasteiger partial charge in [-0.2, -0.15) is 13.2 Å². The number of hydrogen-bond donors (Lipinski definition) is 0. The van der Waals surface area contributed by atoms with Crippen molar-refractivity contribution in [2.45, 2.75) is 24.1 Å². The first-order valence-electron chi connectivity index (χ1n) is 12.3. The first kappa shape index (κ1) is 22.4. The van der Waals surface area contributed by atoms with Crippen molar-refractivity contribution >= 4 is 22.3 Å². The van der Waals surface area contributed by atoms with E-state index in [1.807, 2.05) is 66.5 Å². The molecule has 37 heavy (non-hydrogen) atoms. The molecule has 3 nitrogen and oxygen atoms in total. The molecule has 0 saturated carbocycles. The summed E-state index contributed by atoms with van der Waals surface area (Å²) in [6, 6.07) is 24.0. The number of benzene rings is 4. The van der Waals surface area contributed by atoms with Crippen LogP contribution in [0.1, 0.15) is 48.9 Å². The van der Waals surface area contributed by atoms with E-state index in [0.29, 0.717) is 29.7 Å². The van der Waals surface area contributed by atoms with E-state index in [1.54, 1.807) is 6.07 Å². The fraction of sp³-hybridized carbons (Fsp3) is 0.226. The molecule has 1 aliphatic heterocycles. The molecule has 3 atom stereocenters. The van der Waals surface area contributed by atoms with Crippen LogP contribution in [0.3, 0.4) is 0 Å². The number of halogens is 3. The Balaban J connectivity index is 1.52. The summed E-state index contributed by atoms with van der Waals surface area (Å²) < 4.78 is 40.1.